The molecule has 0 N–H and O–H groups in total. The molecule has 1 aromatic rings. The first kappa shape index (κ1) is 7.48. The molecule has 2 heteroatoms. The Morgan fingerprint density at radius 3 is 2.90 bits per heavy atom. The monoisotopic (exact) mass is 197 g/mol. The van der Waals surface area contributed by atoms with Crippen LogP contribution in [0.2, 0.25) is 0 Å². The van der Waals surface area contributed by atoms with E-state index in [4.69, 9.17) is 0 Å². The summed E-state index contributed by atoms with van der Waals surface area (Å²) >= 11 is 3.41. The number of aryl methyl sites for hydroxylation is 1. The molecular weight excluding hydrogens is 190 g/mol. The highest BCUT2D eigenvalue weighted by atomic mass is 79.9. The van der Waals surface area contributed by atoms with Crippen molar-refractivity contribution in [2.75, 3.05) is 0 Å². The molecule has 0 saturated heterocycles. The van der Waals surface area contributed by atoms with Crippen LogP contribution in [0, 0.1) is 6.92 Å². The number of aromatic nitrogens is 1. The number of hydrogen-bond acceptors (Lipinski definition) is 1. The maximum Gasteiger partial charge on any atom is 0.0768 e. The topological polar surface area (TPSA) is 12.9 Å². The SMILES string of the molecule is C=Cc1nccc(C)c1Br. The second-order valence-electron chi connectivity index (χ2n) is 2.03. The molecule has 0 bridgehead atoms. The van der Waals surface area contributed by atoms with Gasteiger partial charge in [-0.05, 0) is 40.6 Å². The molecule has 0 amide bonds. The van der Waals surface area contributed by atoms with Crippen LogP contribution in [0.4, 0.5) is 0 Å². The van der Waals surface area contributed by atoms with E-state index in [9.17, 15) is 0 Å². The standard InChI is InChI=1S/C8H8BrN/c1-3-7-8(9)6(2)4-5-10-7/h3-5H,1H2,2H3. The highest BCUT2D eigenvalue weighted by molar-refractivity contribution is 9.10. The van der Waals surface area contributed by atoms with Crippen LogP contribution >= 0.6 is 15.9 Å². The average Bonchev–Trinajstić information content (AvgIpc) is 1.95. The van der Waals surface area contributed by atoms with E-state index < -0.39 is 0 Å². The molecule has 0 saturated carbocycles. The summed E-state index contributed by atoms with van der Waals surface area (Å²) in [6.45, 7) is 5.67. The summed E-state index contributed by atoms with van der Waals surface area (Å²) in [5.74, 6) is 0. The molecule has 1 nitrogen and oxygen atoms in total. The third-order valence-corrected chi connectivity index (χ3v) is 2.33. The van der Waals surface area contributed by atoms with Crippen LogP contribution in [0.25, 0.3) is 6.08 Å². The second-order valence-corrected chi connectivity index (χ2v) is 2.82. The minimum absolute atomic E-state index is 0.903. The molecule has 0 aliphatic carbocycles. The molecule has 0 aromatic carbocycles. The Balaban J connectivity index is 3.27. The van der Waals surface area contributed by atoms with Crippen LogP contribution < -0.4 is 0 Å². The quantitative estimate of drug-likeness (QED) is 0.676. The minimum Gasteiger partial charge on any atom is -0.256 e. The van der Waals surface area contributed by atoms with Crippen LogP contribution in [0.5, 0.6) is 0 Å². The van der Waals surface area contributed by atoms with Crippen LogP contribution in [0.1, 0.15) is 11.3 Å². The third-order valence-electron chi connectivity index (χ3n) is 1.30. The Morgan fingerprint density at radius 1 is 1.70 bits per heavy atom. The zero-order valence-corrected chi connectivity index (χ0v) is 7.35. The summed E-state index contributed by atoms with van der Waals surface area (Å²) in [7, 11) is 0. The molecule has 0 radical (unpaired) electrons. The van der Waals surface area contributed by atoms with Gasteiger partial charge in [0.1, 0.15) is 0 Å². The van der Waals surface area contributed by atoms with Gasteiger partial charge in [0, 0.05) is 10.7 Å². The van der Waals surface area contributed by atoms with E-state index in [1.54, 1.807) is 12.3 Å². The predicted octanol–water partition coefficient (Wildman–Crippen LogP) is 2.80. The van der Waals surface area contributed by atoms with Gasteiger partial charge >= 0.3 is 0 Å². The zero-order valence-electron chi connectivity index (χ0n) is 5.76. The maximum atomic E-state index is 4.09. The lowest BCUT2D eigenvalue weighted by Gasteiger charge is -1.98. The Labute approximate surface area is 68.9 Å². The fourth-order valence-electron chi connectivity index (χ4n) is 0.704. The molecule has 0 unspecified atom stereocenters. The lowest BCUT2D eigenvalue weighted by atomic mass is 10.2. The van der Waals surface area contributed by atoms with Gasteiger partial charge in [-0.1, -0.05) is 6.58 Å². The lowest BCUT2D eigenvalue weighted by Crippen LogP contribution is -1.84. The zero-order chi connectivity index (χ0) is 7.56. The van der Waals surface area contributed by atoms with E-state index in [2.05, 4.69) is 27.5 Å². The van der Waals surface area contributed by atoms with E-state index in [0.717, 1.165) is 10.2 Å². The number of hydrogen-bond donors (Lipinski definition) is 0. The molecule has 0 atom stereocenters. The van der Waals surface area contributed by atoms with Gasteiger partial charge in [-0.3, -0.25) is 4.98 Å². The molecule has 0 aliphatic heterocycles. The van der Waals surface area contributed by atoms with Gasteiger partial charge in [0.05, 0.1) is 5.69 Å². The van der Waals surface area contributed by atoms with Gasteiger partial charge in [0.25, 0.3) is 0 Å². The molecule has 0 aliphatic rings. The summed E-state index contributed by atoms with van der Waals surface area (Å²) in [5.41, 5.74) is 2.09. The molecule has 52 valence electrons. The van der Waals surface area contributed by atoms with Crippen LogP contribution in [0.15, 0.2) is 23.3 Å². The fraction of sp³-hybridized carbons (Fsp3) is 0.125. The Bertz CT molecular complexity index is 255. The highest BCUT2D eigenvalue weighted by Crippen LogP contribution is 2.18. The van der Waals surface area contributed by atoms with Crippen molar-refractivity contribution in [2.24, 2.45) is 0 Å². The summed E-state index contributed by atoms with van der Waals surface area (Å²) in [5, 5.41) is 0. The first-order chi connectivity index (χ1) is 4.75. The number of rotatable bonds is 1. The Morgan fingerprint density at radius 2 is 2.40 bits per heavy atom. The summed E-state index contributed by atoms with van der Waals surface area (Å²) in [6, 6.07) is 1.96. The average molecular weight is 198 g/mol. The van der Waals surface area contributed by atoms with Crippen molar-refractivity contribution in [3.05, 3.63) is 34.6 Å². The van der Waals surface area contributed by atoms with E-state index >= 15 is 0 Å². The molecule has 1 rings (SSSR count). The number of halogens is 1. The normalized spacial score (nSPS) is 9.40. The van der Waals surface area contributed by atoms with E-state index in [1.807, 2.05) is 13.0 Å². The van der Waals surface area contributed by atoms with Crippen LogP contribution in [-0.2, 0) is 0 Å². The second kappa shape index (κ2) is 2.97. The minimum atomic E-state index is 0.903. The van der Waals surface area contributed by atoms with Crippen molar-refractivity contribution >= 4 is 22.0 Å². The Kier molecular flexibility index (Phi) is 2.22. The van der Waals surface area contributed by atoms with Gasteiger partial charge < -0.3 is 0 Å². The highest BCUT2D eigenvalue weighted by Gasteiger charge is 1.97. The Hall–Kier alpha value is -0.630. The summed E-state index contributed by atoms with van der Waals surface area (Å²) < 4.78 is 1.03. The third kappa shape index (κ3) is 1.27. The lowest BCUT2D eigenvalue weighted by molar-refractivity contribution is 1.23. The van der Waals surface area contributed by atoms with Crippen molar-refractivity contribution in [1.82, 2.24) is 4.98 Å². The van der Waals surface area contributed by atoms with Gasteiger partial charge in [0.15, 0.2) is 0 Å². The summed E-state index contributed by atoms with van der Waals surface area (Å²) in [6.07, 6.45) is 3.51. The van der Waals surface area contributed by atoms with Crippen LogP contribution in [0.3, 0.4) is 0 Å². The van der Waals surface area contributed by atoms with E-state index in [0.29, 0.717) is 0 Å². The molecule has 1 aromatic heterocycles. The largest absolute Gasteiger partial charge is 0.256 e. The van der Waals surface area contributed by atoms with Crippen molar-refractivity contribution in [3.8, 4) is 0 Å². The first-order valence-electron chi connectivity index (χ1n) is 2.99. The van der Waals surface area contributed by atoms with Gasteiger partial charge in [0.2, 0.25) is 0 Å². The van der Waals surface area contributed by atoms with Gasteiger partial charge in [-0.25, -0.2) is 0 Å². The van der Waals surface area contributed by atoms with Crippen molar-refractivity contribution < 1.29 is 0 Å². The summed E-state index contributed by atoms with van der Waals surface area (Å²) in [4.78, 5) is 4.09. The molecule has 10 heavy (non-hydrogen) atoms. The van der Waals surface area contributed by atoms with Crippen molar-refractivity contribution in [2.45, 2.75) is 6.92 Å². The van der Waals surface area contributed by atoms with Crippen LogP contribution in [-0.4, -0.2) is 4.98 Å². The molecule has 0 spiro atoms. The van der Waals surface area contributed by atoms with E-state index in [-0.39, 0.29) is 0 Å². The number of pyridine rings is 1. The molecule has 0 fully saturated rings. The molecular formula is C8H8BrN. The molecule has 1 heterocycles. The first-order valence-corrected chi connectivity index (χ1v) is 3.78. The van der Waals surface area contributed by atoms with Crippen molar-refractivity contribution in [3.63, 3.8) is 0 Å². The van der Waals surface area contributed by atoms with Crippen molar-refractivity contribution in [1.29, 1.82) is 0 Å². The van der Waals surface area contributed by atoms with Gasteiger partial charge in [-0.2, -0.15) is 0 Å². The predicted molar refractivity (Wildman–Crippen MR) is 46.8 cm³/mol. The number of nitrogens with zero attached hydrogens (tertiary/aromatic N) is 1. The maximum absolute atomic E-state index is 4.09. The smallest absolute Gasteiger partial charge is 0.0768 e. The fourth-order valence-corrected chi connectivity index (χ4v) is 1.10. The van der Waals surface area contributed by atoms with E-state index in [1.165, 1.54) is 5.56 Å². The van der Waals surface area contributed by atoms with Gasteiger partial charge in [-0.15, -0.1) is 0 Å².